The molecule has 23 heavy (non-hydrogen) atoms. The molecule has 2 N–H and O–H groups in total. The first kappa shape index (κ1) is 17.7. The van der Waals surface area contributed by atoms with Crippen molar-refractivity contribution >= 4 is 39.1 Å². The molecule has 1 atom stereocenters. The Morgan fingerprint density at radius 2 is 2.13 bits per heavy atom. The summed E-state index contributed by atoms with van der Waals surface area (Å²) in [6.45, 7) is 1.35. The molecule has 0 aliphatic carbocycles. The second-order valence-electron chi connectivity index (χ2n) is 4.78. The molecule has 0 saturated heterocycles. The Kier molecular flexibility index (Phi) is 5.98. The quantitative estimate of drug-likeness (QED) is 0.790. The number of ether oxygens (including phenoxy) is 1. The molecule has 0 radical (unpaired) electrons. The molecule has 4 nitrogen and oxygen atoms in total. The summed E-state index contributed by atoms with van der Waals surface area (Å²) >= 11 is 9.17. The molecule has 0 spiro atoms. The number of aliphatic hydroxyl groups excluding tert-OH is 1. The molecule has 0 aromatic heterocycles. The Balaban J connectivity index is 2.08. The number of hydrogen-bond acceptors (Lipinski definition) is 3. The minimum Gasteiger partial charge on any atom is -0.481 e. The zero-order chi connectivity index (χ0) is 17.0. The molecule has 2 aromatic rings. The largest absolute Gasteiger partial charge is 0.481 e. The van der Waals surface area contributed by atoms with Crippen molar-refractivity contribution in [1.82, 2.24) is 0 Å². The molecule has 0 bridgehead atoms. The molecule has 1 amide bonds. The predicted octanol–water partition coefficient (Wildman–Crippen LogP) is 4.14. The Hall–Kier alpha value is -1.63. The number of amides is 1. The summed E-state index contributed by atoms with van der Waals surface area (Å²) in [5.74, 6) is -0.520. The molecular weight excluding hydrogens is 389 g/mol. The van der Waals surface area contributed by atoms with Crippen LogP contribution < -0.4 is 10.1 Å². The smallest absolute Gasteiger partial charge is 0.265 e. The fourth-order valence-electron chi connectivity index (χ4n) is 1.86. The van der Waals surface area contributed by atoms with Gasteiger partial charge in [-0.05, 0) is 43.3 Å². The zero-order valence-electron chi connectivity index (χ0n) is 12.1. The number of hydrogen-bond donors (Lipinski definition) is 2. The molecule has 0 aliphatic heterocycles. The summed E-state index contributed by atoms with van der Waals surface area (Å²) in [6.07, 6.45) is -0.831. The third-order valence-electron chi connectivity index (χ3n) is 3.05. The summed E-state index contributed by atoms with van der Waals surface area (Å²) in [5.41, 5.74) is 0.852. The molecule has 122 valence electrons. The molecule has 0 heterocycles. The lowest BCUT2D eigenvalue weighted by Gasteiger charge is -2.17. The normalized spacial score (nSPS) is 11.9. The van der Waals surface area contributed by atoms with Crippen LogP contribution in [0.4, 0.5) is 10.1 Å². The standard InChI is InChI=1S/C16H14BrClFNO3/c1-9(23-15-5-2-11(17)6-10(15)8-21)16(22)20-14-4-3-12(19)7-13(14)18/h2-7,9,21H,8H2,1H3,(H,20,22)/t9-/m0/s1. The molecule has 0 saturated carbocycles. The number of benzene rings is 2. The highest BCUT2D eigenvalue weighted by Gasteiger charge is 2.18. The van der Waals surface area contributed by atoms with E-state index >= 15 is 0 Å². The first-order valence-corrected chi connectivity index (χ1v) is 7.89. The minimum atomic E-state index is -0.831. The number of rotatable bonds is 5. The lowest BCUT2D eigenvalue weighted by molar-refractivity contribution is -0.122. The van der Waals surface area contributed by atoms with Gasteiger partial charge in [-0.25, -0.2) is 4.39 Å². The van der Waals surface area contributed by atoms with Crippen molar-refractivity contribution in [2.24, 2.45) is 0 Å². The average Bonchev–Trinajstić information content (AvgIpc) is 2.51. The number of anilines is 1. The number of carbonyl (C=O) groups excluding carboxylic acids is 1. The van der Waals surface area contributed by atoms with Crippen LogP contribution in [0.3, 0.4) is 0 Å². The highest BCUT2D eigenvalue weighted by atomic mass is 79.9. The van der Waals surface area contributed by atoms with Crippen molar-refractivity contribution in [3.05, 3.63) is 57.3 Å². The van der Waals surface area contributed by atoms with E-state index in [1.54, 1.807) is 25.1 Å². The van der Waals surface area contributed by atoms with Crippen LogP contribution >= 0.6 is 27.5 Å². The predicted molar refractivity (Wildman–Crippen MR) is 90.2 cm³/mol. The van der Waals surface area contributed by atoms with E-state index in [9.17, 15) is 14.3 Å². The Labute approximate surface area is 146 Å². The van der Waals surface area contributed by atoms with Crippen LogP contribution in [-0.4, -0.2) is 17.1 Å². The maximum atomic E-state index is 13.0. The first-order valence-electron chi connectivity index (χ1n) is 6.72. The zero-order valence-corrected chi connectivity index (χ0v) is 14.5. The van der Waals surface area contributed by atoms with Gasteiger partial charge in [-0.2, -0.15) is 0 Å². The van der Waals surface area contributed by atoms with E-state index in [1.807, 2.05) is 0 Å². The number of aliphatic hydroxyl groups is 1. The van der Waals surface area contributed by atoms with Gasteiger partial charge in [0.1, 0.15) is 11.6 Å². The molecule has 0 fully saturated rings. The Morgan fingerprint density at radius 1 is 1.39 bits per heavy atom. The maximum absolute atomic E-state index is 13.0. The van der Waals surface area contributed by atoms with Crippen LogP contribution in [0, 0.1) is 5.82 Å². The molecule has 2 aromatic carbocycles. The molecule has 0 unspecified atom stereocenters. The molecule has 0 aliphatic rings. The van der Waals surface area contributed by atoms with Gasteiger partial charge in [-0.3, -0.25) is 4.79 Å². The van der Waals surface area contributed by atoms with Crippen LogP contribution in [-0.2, 0) is 11.4 Å². The summed E-state index contributed by atoms with van der Waals surface area (Å²) in [6, 6.07) is 8.80. The third kappa shape index (κ3) is 4.67. The van der Waals surface area contributed by atoms with Crippen LogP contribution in [0.15, 0.2) is 40.9 Å². The highest BCUT2D eigenvalue weighted by Crippen LogP contribution is 2.25. The Morgan fingerprint density at radius 3 is 2.78 bits per heavy atom. The van der Waals surface area contributed by atoms with E-state index in [0.717, 1.165) is 10.5 Å². The molecular formula is C16H14BrClFNO3. The summed E-state index contributed by atoms with van der Waals surface area (Å²) in [5, 5.41) is 12.0. The SMILES string of the molecule is C[C@H](Oc1ccc(Br)cc1CO)C(=O)Nc1ccc(F)cc1Cl. The van der Waals surface area contributed by atoms with Gasteiger partial charge in [-0.1, -0.05) is 27.5 Å². The second-order valence-corrected chi connectivity index (χ2v) is 6.11. The summed E-state index contributed by atoms with van der Waals surface area (Å²) in [4.78, 5) is 12.2. The van der Waals surface area contributed by atoms with E-state index in [-0.39, 0.29) is 11.6 Å². The minimum absolute atomic E-state index is 0.102. The topological polar surface area (TPSA) is 58.6 Å². The van der Waals surface area contributed by atoms with Gasteiger partial charge in [-0.15, -0.1) is 0 Å². The van der Waals surface area contributed by atoms with Crippen LogP contribution in [0.1, 0.15) is 12.5 Å². The van der Waals surface area contributed by atoms with Crippen LogP contribution in [0.5, 0.6) is 5.75 Å². The average molecular weight is 403 g/mol. The van der Waals surface area contributed by atoms with Crippen molar-refractivity contribution in [3.63, 3.8) is 0 Å². The molecule has 2 rings (SSSR count). The monoisotopic (exact) mass is 401 g/mol. The van der Waals surface area contributed by atoms with E-state index in [1.165, 1.54) is 12.1 Å². The number of nitrogens with one attached hydrogen (secondary N) is 1. The Bertz CT molecular complexity index is 726. The van der Waals surface area contributed by atoms with Gasteiger partial charge in [0, 0.05) is 10.0 Å². The van der Waals surface area contributed by atoms with Gasteiger partial charge >= 0.3 is 0 Å². The van der Waals surface area contributed by atoms with Gasteiger partial charge in [0.25, 0.3) is 5.91 Å². The first-order chi connectivity index (χ1) is 10.9. The van der Waals surface area contributed by atoms with Crippen LogP contribution in [0.25, 0.3) is 0 Å². The van der Waals surface area contributed by atoms with Crippen molar-refractivity contribution in [2.75, 3.05) is 5.32 Å². The molecule has 7 heteroatoms. The summed E-state index contributed by atoms with van der Waals surface area (Å²) in [7, 11) is 0. The van der Waals surface area contributed by atoms with Gasteiger partial charge in [0.2, 0.25) is 0 Å². The maximum Gasteiger partial charge on any atom is 0.265 e. The van der Waals surface area contributed by atoms with Crippen molar-refractivity contribution in [2.45, 2.75) is 19.6 Å². The highest BCUT2D eigenvalue weighted by molar-refractivity contribution is 9.10. The van der Waals surface area contributed by atoms with E-state index in [0.29, 0.717) is 17.0 Å². The fourth-order valence-corrected chi connectivity index (χ4v) is 2.48. The van der Waals surface area contributed by atoms with Crippen molar-refractivity contribution < 1.29 is 19.0 Å². The van der Waals surface area contributed by atoms with Crippen molar-refractivity contribution in [3.8, 4) is 5.75 Å². The van der Waals surface area contributed by atoms with E-state index < -0.39 is 17.8 Å². The third-order valence-corrected chi connectivity index (χ3v) is 3.86. The van der Waals surface area contributed by atoms with Crippen molar-refractivity contribution in [1.29, 1.82) is 0 Å². The lowest BCUT2D eigenvalue weighted by atomic mass is 10.2. The van der Waals surface area contributed by atoms with Gasteiger partial charge in [0.15, 0.2) is 6.10 Å². The summed E-state index contributed by atoms with van der Waals surface area (Å²) < 4.78 is 19.4. The van der Waals surface area contributed by atoms with Gasteiger partial charge < -0.3 is 15.2 Å². The lowest BCUT2D eigenvalue weighted by Crippen LogP contribution is -2.30. The number of carbonyl (C=O) groups is 1. The van der Waals surface area contributed by atoms with E-state index in [4.69, 9.17) is 16.3 Å². The van der Waals surface area contributed by atoms with E-state index in [2.05, 4.69) is 21.2 Å². The van der Waals surface area contributed by atoms with Crippen LogP contribution in [0.2, 0.25) is 5.02 Å². The number of halogens is 3. The fraction of sp³-hybridized carbons (Fsp3) is 0.188. The second kappa shape index (κ2) is 7.77. The van der Waals surface area contributed by atoms with Gasteiger partial charge in [0.05, 0.1) is 17.3 Å².